The zero-order chi connectivity index (χ0) is 11.7. The van der Waals surface area contributed by atoms with Crippen LogP contribution in [0.2, 0.25) is 0 Å². The molecular formula is C10H25ClN2O3. The third-order valence-corrected chi connectivity index (χ3v) is 2.78. The second-order valence-corrected chi connectivity index (χ2v) is 4.26. The summed E-state index contributed by atoms with van der Waals surface area (Å²) in [5.74, 6) is 0. The van der Waals surface area contributed by atoms with E-state index in [1.54, 1.807) is 0 Å². The van der Waals surface area contributed by atoms with Gasteiger partial charge in [0.25, 0.3) is 0 Å². The lowest BCUT2D eigenvalue weighted by molar-refractivity contribution is -0.909. The van der Waals surface area contributed by atoms with Crippen molar-refractivity contribution < 1.29 is 32.2 Å². The summed E-state index contributed by atoms with van der Waals surface area (Å²) >= 11 is 0. The Morgan fingerprint density at radius 3 is 1.75 bits per heavy atom. The van der Waals surface area contributed by atoms with E-state index in [1.807, 2.05) is 19.0 Å². The smallest absolute Gasteiger partial charge is 0.102 e. The van der Waals surface area contributed by atoms with E-state index < -0.39 is 0 Å². The van der Waals surface area contributed by atoms with Gasteiger partial charge in [-0.2, -0.15) is 0 Å². The molecule has 0 aliphatic carbocycles. The largest absolute Gasteiger partial charge is 1.00 e. The molecule has 0 aromatic carbocycles. The number of rotatable bonds is 9. The molecule has 0 bridgehead atoms. The first-order valence-electron chi connectivity index (χ1n) is 5.42. The predicted molar refractivity (Wildman–Crippen MR) is 59.5 cm³/mol. The predicted octanol–water partition coefficient (Wildman–Crippen LogP) is -4.65. The van der Waals surface area contributed by atoms with Gasteiger partial charge in [0.1, 0.15) is 13.1 Å². The van der Waals surface area contributed by atoms with Crippen molar-refractivity contribution in [1.29, 1.82) is 0 Å². The van der Waals surface area contributed by atoms with Crippen molar-refractivity contribution in [2.45, 2.75) is 0 Å². The molecule has 0 heterocycles. The first kappa shape index (κ1) is 18.5. The van der Waals surface area contributed by atoms with E-state index in [-0.39, 0.29) is 32.2 Å². The van der Waals surface area contributed by atoms with Gasteiger partial charge in [-0.25, -0.2) is 0 Å². The molecule has 0 fully saturated rings. The fraction of sp³-hybridized carbons (Fsp3) is 1.00. The first-order valence-corrected chi connectivity index (χ1v) is 5.42. The van der Waals surface area contributed by atoms with E-state index in [4.69, 9.17) is 15.3 Å². The van der Waals surface area contributed by atoms with Crippen LogP contribution in [0.5, 0.6) is 0 Å². The Morgan fingerprint density at radius 1 is 0.875 bits per heavy atom. The Hall–Kier alpha value is 0.0900. The quantitative estimate of drug-likeness (QED) is 0.363. The van der Waals surface area contributed by atoms with Crippen LogP contribution in [0.25, 0.3) is 0 Å². The summed E-state index contributed by atoms with van der Waals surface area (Å²) in [6.07, 6.45) is 0. The van der Waals surface area contributed by atoms with Crippen molar-refractivity contribution in [3.63, 3.8) is 0 Å². The molecule has 0 aliphatic rings. The molecule has 0 aliphatic heterocycles. The van der Waals surface area contributed by atoms with E-state index in [9.17, 15) is 0 Å². The van der Waals surface area contributed by atoms with Gasteiger partial charge in [-0.1, -0.05) is 0 Å². The van der Waals surface area contributed by atoms with Crippen molar-refractivity contribution in [2.24, 2.45) is 0 Å². The summed E-state index contributed by atoms with van der Waals surface area (Å²) in [4.78, 5) is 2.05. The average Bonchev–Trinajstić information content (AvgIpc) is 2.16. The van der Waals surface area contributed by atoms with Crippen LogP contribution < -0.4 is 12.4 Å². The molecule has 3 N–H and O–H groups in total. The van der Waals surface area contributed by atoms with Crippen LogP contribution in [-0.2, 0) is 0 Å². The van der Waals surface area contributed by atoms with Gasteiger partial charge in [0, 0.05) is 13.1 Å². The second-order valence-electron chi connectivity index (χ2n) is 4.26. The van der Waals surface area contributed by atoms with Crippen LogP contribution in [-0.4, -0.2) is 91.3 Å². The van der Waals surface area contributed by atoms with Gasteiger partial charge in [-0.15, -0.1) is 0 Å². The molecule has 16 heavy (non-hydrogen) atoms. The van der Waals surface area contributed by atoms with E-state index >= 15 is 0 Å². The minimum Gasteiger partial charge on any atom is -1.00 e. The molecule has 0 spiro atoms. The Labute approximate surface area is 104 Å². The van der Waals surface area contributed by atoms with Crippen molar-refractivity contribution in [1.82, 2.24) is 4.90 Å². The summed E-state index contributed by atoms with van der Waals surface area (Å²) in [7, 11) is 3.98. The van der Waals surface area contributed by atoms with Gasteiger partial charge >= 0.3 is 0 Å². The van der Waals surface area contributed by atoms with E-state index in [0.29, 0.717) is 24.1 Å². The highest BCUT2D eigenvalue weighted by molar-refractivity contribution is 4.50. The molecule has 0 atom stereocenters. The molecule has 0 unspecified atom stereocenters. The highest BCUT2D eigenvalue weighted by Crippen LogP contribution is 2.01. The molecule has 0 aromatic heterocycles. The van der Waals surface area contributed by atoms with Crippen molar-refractivity contribution in [3.05, 3.63) is 0 Å². The Bertz CT molecular complexity index is 155. The molecule has 0 rings (SSSR count). The van der Waals surface area contributed by atoms with E-state index in [0.717, 1.165) is 13.1 Å². The van der Waals surface area contributed by atoms with Gasteiger partial charge in [0.2, 0.25) is 0 Å². The number of aliphatic hydroxyl groups is 3. The third kappa shape index (κ3) is 8.27. The highest BCUT2D eigenvalue weighted by Gasteiger charge is 2.20. The summed E-state index contributed by atoms with van der Waals surface area (Å²) in [5, 5.41) is 26.6. The normalized spacial score (nSPS) is 11.6. The van der Waals surface area contributed by atoms with E-state index in [2.05, 4.69) is 0 Å². The van der Waals surface area contributed by atoms with Crippen molar-refractivity contribution in [2.75, 3.05) is 66.6 Å². The van der Waals surface area contributed by atoms with Crippen LogP contribution in [0.4, 0.5) is 0 Å². The molecule has 0 radical (unpaired) electrons. The maximum atomic E-state index is 8.95. The topological polar surface area (TPSA) is 63.9 Å². The van der Waals surface area contributed by atoms with Crippen molar-refractivity contribution >= 4 is 0 Å². The number of nitrogens with zero attached hydrogens (tertiary/aromatic N) is 2. The summed E-state index contributed by atoms with van der Waals surface area (Å²) in [6.45, 7) is 4.16. The lowest BCUT2D eigenvalue weighted by Crippen LogP contribution is -3.00. The van der Waals surface area contributed by atoms with Crippen LogP contribution in [0, 0.1) is 0 Å². The van der Waals surface area contributed by atoms with Gasteiger partial charge in [0.15, 0.2) is 0 Å². The summed E-state index contributed by atoms with van der Waals surface area (Å²) < 4.78 is 0.669. The monoisotopic (exact) mass is 256 g/mol. The SMILES string of the molecule is CN(CCO)CC[N+](C)(CCO)CCO.[Cl-]. The molecule has 0 amide bonds. The molecule has 0 saturated carbocycles. The number of likely N-dealkylation sites (N-methyl/N-ethyl adjacent to an activating group) is 2. The Balaban J connectivity index is 0. The molecule has 100 valence electrons. The average molecular weight is 257 g/mol. The number of halogens is 1. The molecule has 0 aromatic rings. The third-order valence-electron chi connectivity index (χ3n) is 2.78. The van der Waals surface area contributed by atoms with Crippen LogP contribution in [0.3, 0.4) is 0 Å². The minimum atomic E-state index is 0. The van der Waals surface area contributed by atoms with Crippen LogP contribution in [0.15, 0.2) is 0 Å². The van der Waals surface area contributed by atoms with Gasteiger partial charge < -0.3 is 32.2 Å². The Morgan fingerprint density at radius 2 is 1.38 bits per heavy atom. The fourth-order valence-corrected chi connectivity index (χ4v) is 1.51. The Kier molecular flexibility index (Phi) is 11.8. The van der Waals surface area contributed by atoms with E-state index in [1.165, 1.54) is 0 Å². The number of aliphatic hydroxyl groups excluding tert-OH is 3. The van der Waals surface area contributed by atoms with Gasteiger partial charge in [-0.3, -0.25) is 4.90 Å². The summed E-state index contributed by atoms with van der Waals surface area (Å²) in [5.41, 5.74) is 0. The van der Waals surface area contributed by atoms with Gasteiger partial charge in [0.05, 0.1) is 33.4 Å². The number of hydrogen-bond donors (Lipinski definition) is 3. The summed E-state index contributed by atoms with van der Waals surface area (Å²) in [6, 6.07) is 0. The van der Waals surface area contributed by atoms with Crippen LogP contribution >= 0.6 is 0 Å². The van der Waals surface area contributed by atoms with Crippen molar-refractivity contribution in [3.8, 4) is 0 Å². The maximum absolute atomic E-state index is 8.95. The number of quaternary nitrogens is 1. The van der Waals surface area contributed by atoms with Crippen LogP contribution in [0.1, 0.15) is 0 Å². The zero-order valence-corrected chi connectivity index (χ0v) is 11.0. The lowest BCUT2D eigenvalue weighted by atomic mass is 10.3. The molecule has 5 nitrogen and oxygen atoms in total. The highest BCUT2D eigenvalue weighted by atomic mass is 35.5. The molecular weight excluding hydrogens is 232 g/mol. The maximum Gasteiger partial charge on any atom is 0.102 e. The first-order chi connectivity index (χ1) is 7.08. The second kappa shape index (κ2) is 10.3. The fourth-order valence-electron chi connectivity index (χ4n) is 1.51. The molecule has 6 heteroatoms. The zero-order valence-electron chi connectivity index (χ0n) is 10.3. The lowest BCUT2D eigenvalue weighted by Gasteiger charge is -2.34. The van der Waals surface area contributed by atoms with Gasteiger partial charge in [-0.05, 0) is 7.05 Å². The standard InChI is InChI=1S/C10H25N2O3.ClH/c1-11(4-8-13)3-5-12(2,6-9-14)7-10-15;/h13-15H,3-10H2,1-2H3;1H/q+1;/p-1. The number of hydrogen-bond acceptors (Lipinski definition) is 4. The molecule has 0 saturated heterocycles. The minimum absolute atomic E-state index is 0.